The van der Waals surface area contributed by atoms with Gasteiger partial charge in [-0.1, -0.05) is 36.4 Å². The van der Waals surface area contributed by atoms with Gasteiger partial charge < -0.3 is 14.2 Å². The lowest BCUT2D eigenvalue weighted by atomic mass is 10.1. The zero-order valence-electron chi connectivity index (χ0n) is 12.6. The second-order valence-electron chi connectivity index (χ2n) is 4.52. The molecule has 0 fully saturated rings. The topological polar surface area (TPSA) is 44.8 Å². The van der Waals surface area contributed by atoms with E-state index in [1.54, 1.807) is 32.4 Å². The molecule has 0 aliphatic rings. The molecule has 2 aromatic carbocycles. The molecule has 0 N–H and O–H groups in total. The third-order valence-electron chi connectivity index (χ3n) is 3.08. The van der Waals surface area contributed by atoms with Crippen molar-refractivity contribution in [3.05, 3.63) is 59.7 Å². The first kappa shape index (κ1) is 15.6. The molecule has 2 aromatic rings. The molecule has 0 spiro atoms. The van der Waals surface area contributed by atoms with Crippen molar-refractivity contribution in [2.75, 3.05) is 14.2 Å². The van der Waals surface area contributed by atoms with Gasteiger partial charge in [0.2, 0.25) is 5.75 Å². The second-order valence-corrected chi connectivity index (χ2v) is 4.52. The highest BCUT2D eigenvalue weighted by atomic mass is 16.5. The van der Waals surface area contributed by atoms with Crippen molar-refractivity contribution in [1.82, 2.24) is 0 Å². The maximum atomic E-state index is 10.4. The number of ether oxygens (including phenoxy) is 3. The van der Waals surface area contributed by atoms with Gasteiger partial charge in [0.05, 0.1) is 14.2 Å². The van der Waals surface area contributed by atoms with Crippen molar-refractivity contribution in [3.63, 3.8) is 0 Å². The van der Waals surface area contributed by atoms with E-state index in [0.29, 0.717) is 23.9 Å². The Balaban J connectivity index is 2.28. The van der Waals surface area contributed by atoms with Crippen LogP contribution >= 0.6 is 0 Å². The quantitative estimate of drug-likeness (QED) is 0.580. The Hall–Kier alpha value is -2.75. The van der Waals surface area contributed by atoms with Gasteiger partial charge in [-0.2, -0.15) is 0 Å². The van der Waals surface area contributed by atoms with Gasteiger partial charge in [-0.05, 0) is 29.3 Å². The van der Waals surface area contributed by atoms with Gasteiger partial charge in [-0.25, -0.2) is 0 Å². The molecule has 0 saturated carbocycles. The minimum absolute atomic E-state index is 0.414. The highest BCUT2D eigenvalue weighted by Crippen LogP contribution is 2.39. The maximum absolute atomic E-state index is 10.4. The summed E-state index contributed by atoms with van der Waals surface area (Å²) in [6.45, 7) is 0.414. The monoisotopic (exact) mass is 298 g/mol. The first-order valence-corrected chi connectivity index (χ1v) is 6.83. The van der Waals surface area contributed by atoms with E-state index < -0.39 is 0 Å². The zero-order chi connectivity index (χ0) is 15.8. The average Bonchev–Trinajstić information content (AvgIpc) is 2.58. The van der Waals surface area contributed by atoms with Crippen LogP contribution in [0.4, 0.5) is 0 Å². The van der Waals surface area contributed by atoms with E-state index in [9.17, 15) is 4.79 Å². The Labute approximate surface area is 129 Å². The van der Waals surface area contributed by atoms with Crippen molar-refractivity contribution in [3.8, 4) is 17.2 Å². The lowest BCUT2D eigenvalue weighted by Crippen LogP contribution is -2.00. The summed E-state index contributed by atoms with van der Waals surface area (Å²) < 4.78 is 16.6. The van der Waals surface area contributed by atoms with Gasteiger partial charge in [0.25, 0.3) is 0 Å². The number of carbonyl (C=O) groups excluding carboxylic acids is 1. The molecule has 0 heterocycles. The van der Waals surface area contributed by atoms with Crippen LogP contribution in [-0.4, -0.2) is 20.5 Å². The van der Waals surface area contributed by atoms with Crippen molar-refractivity contribution in [2.45, 2.75) is 6.61 Å². The molecule has 22 heavy (non-hydrogen) atoms. The fraction of sp³-hybridized carbons (Fsp3) is 0.167. The fourth-order valence-electron chi connectivity index (χ4n) is 2.02. The molecule has 0 aromatic heterocycles. The minimum atomic E-state index is 0.414. The summed E-state index contributed by atoms with van der Waals surface area (Å²) in [7, 11) is 3.13. The highest BCUT2D eigenvalue weighted by Gasteiger charge is 2.13. The molecule has 0 atom stereocenters. The van der Waals surface area contributed by atoms with Crippen LogP contribution in [0.2, 0.25) is 0 Å². The van der Waals surface area contributed by atoms with Crippen molar-refractivity contribution in [2.24, 2.45) is 0 Å². The van der Waals surface area contributed by atoms with Gasteiger partial charge in [0.1, 0.15) is 12.9 Å². The number of benzene rings is 2. The molecular formula is C18H18O4. The van der Waals surface area contributed by atoms with E-state index in [4.69, 9.17) is 14.2 Å². The number of methoxy groups -OCH3 is 2. The lowest BCUT2D eigenvalue weighted by molar-refractivity contribution is -0.104. The second kappa shape index (κ2) is 7.88. The Morgan fingerprint density at radius 2 is 1.64 bits per heavy atom. The van der Waals surface area contributed by atoms with E-state index in [0.717, 1.165) is 17.4 Å². The molecule has 0 saturated heterocycles. The molecule has 4 heteroatoms. The van der Waals surface area contributed by atoms with Crippen LogP contribution in [0.1, 0.15) is 11.1 Å². The number of hydrogen-bond acceptors (Lipinski definition) is 4. The standard InChI is InChI=1S/C18H18O4/c1-20-16-11-15(9-6-10-19)12-17(21-2)18(16)22-13-14-7-4-3-5-8-14/h3-12H,13H2,1-2H3/b9-6+. The van der Waals surface area contributed by atoms with Gasteiger partial charge in [0.15, 0.2) is 11.5 Å². The maximum Gasteiger partial charge on any atom is 0.203 e. The largest absolute Gasteiger partial charge is 0.493 e. The molecule has 0 radical (unpaired) electrons. The summed E-state index contributed by atoms with van der Waals surface area (Å²) in [5, 5.41) is 0. The zero-order valence-corrected chi connectivity index (χ0v) is 12.6. The summed E-state index contributed by atoms with van der Waals surface area (Å²) in [6, 6.07) is 13.4. The molecule has 114 valence electrons. The van der Waals surface area contributed by atoms with Crippen molar-refractivity contribution >= 4 is 12.4 Å². The number of hydrogen-bond donors (Lipinski definition) is 0. The third-order valence-corrected chi connectivity index (χ3v) is 3.08. The Morgan fingerprint density at radius 3 is 2.18 bits per heavy atom. The van der Waals surface area contributed by atoms with Crippen molar-refractivity contribution < 1.29 is 19.0 Å². The first-order valence-electron chi connectivity index (χ1n) is 6.83. The highest BCUT2D eigenvalue weighted by molar-refractivity contribution is 5.75. The van der Waals surface area contributed by atoms with Gasteiger partial charge in [-0.15, -0.1) is 0 Å². The van der Waals surface area contributed by atoms with Gasteiger partial charge in [-0.3, -0.25) is 4.79 Å². The predicted molar refractivity (Wildman–Crippen MR) is 85.4 cm³/mol. The van der Waals surface area contributed by atoms with E-state index >= 15 is 0 Å². The molecular weight excluding hydrogens is 280 g/mol. The van der Waals surface area contributed by atoms with Crippen LogP contribution in [0.5, 0.6) is 17.2 Å². The first-order chi connectivity index (χ1) is 10.8. The van der Waals surface area contributed by atoms with Crippen LogP contribution in [0.25, 0.3) is 6.08 Å². The van der Waals surface area contributed by atoms with Gasteiger partial charge in [0, 0.05) is 0 Å². The van der Waals surface area contributed by atoms with E-state index in [1.807, 2.05) is 30.3 Å². The summed E-state index contributed by atoms with van der Waals surface area (Å²) in [5.41, 5.74) is 1.85. The summed E-state index contributed by atoms with van der Waals surface area (Å²) in [6.07, 6.45) is 3.82. The number of carbonyl (C=O) groups is 1. The van der Waals surface area contributed by atoms with Crippen LogP contribution in [0.15, 0.2) is 48.5 Å². The Bertz CT molecular complexity index is 622. The van der Waals surface area contributed by atoms with Crippen LogP contribution < -0.4 is 14.2 Å². The van der Waals surface area contributed by atoms with Gasteiger partial charge >= 0.3 is 0 Å². The smallest absolute Gasteiger partial charge is 0.203 e. The Kier molecular flexibility index (Phi) is 5.60. The van der Waals surface area contributed by atoms with Crippen LogP contribution in [0, 0.1) is 0 Å². The molecule has 0 bridgehead atoms. The van der Waals surface area contributed by atoms with E-state index in [2.05, 4.69) is 0 Å². The molecule has 0 aliphatic heterocycles. The van der Waals surface area contributed by atoms with E-state index in [1.165, 1.54) is 6.08 Å². The fourth-order valence-corrected chi connectivity index (χ4v) is 2.02. The Morgan fingerprint density at radius 1 is 1.00 bits per heavy atom. The summed E-state index contributed by atoms with van der Waals surface area (Å²) >= 11 is 0. The third kappa shape index (κ3) is 3.88. The average molecular weight is 298 g/mol. The molecule has 2 rings (SSSR count). The summed E-state index contributed by atoms with van der Waals surface area (Å²) in [4.78, 5) is 10.4. The number of allylic oxidation sites excluding steroid dienone is 1. The predicted octanol–water partition coefficient (Wildman–Crippen LogP) is 3.49. The number of rotatable bonds is 7. The van der Waals surface area contributed by atoms with Crippen molar-refractivity contribution in [1.29, 1.82) is 0 Å². The SMILES string of the molecule is COc1cc(/C=C/C=O)cc(OC)c1OCc1ccccc1. The van der Waals surface area contributed by atoms with Crippen LogP contribution in [0.3, 0.4) is 0 Å². The number of aldehydes is 1. The van der Waals surface area contributed by atoms with Crippen LogP contribution in [-0.2, 0) is 11.4 Å². The molecule has 0 amide bonds. The molecule has 0 unspecified atom stereocenters. The normalized spacial score (nSPS) is 10.5. The lowest BCUT2D eigenvalue weighted by Gasteiger charge is -2.15. The molecule has 0 aliphatic carbocycles. The van der Waals surface area contributed by atoms with E-state index in [-0.39, 0.29) is 0 Å². The molecule has 4 nitrogen and oxygen atoms in total. The summed E-state index contributed by atoms with van der Waals surface area (Å²) in [5.74, 6) is 1.65. The minimum Gasteiger partial charge on any atom is -0.493 e.